The fraction of sp³-hybridized carbons (Fsp3) is 1.00. The van der Waals surface area contributed by atoms with E-state index in [0.29, 0.717) is 25.2 Å². The van der Waals surface area contributed by atoms with Gasteiger partial charge in [0.1, 0.15) is 5.60 Å². The average molecular weight is 519 g/mol. The summed E-state index contributed by atoms with van der Waals surface area (Å²) in [6.45, 7) is 0. The van der Waals surface area contributed by atoms with E-state index < -0.39 is 57.0 Å². The zero-order chi connectivity index (χ0) is 24.8. The number of fused-ring (bicyclic) bond motifs is 6. The largest absolute Gasteiger partial charge is 0.523 e. The minimum atomic E-state index is -6.20. The summed E-state index contributed by atoms with van der Waals surface area (Å²) in [5.41, 5.74) is -10.9. The summed E-state index contributed by atoms with van der Waals surface area (Å²) in [5.74, 6) is -3.52. The van der Waals surface area contributed by atoms with Crippen molar-refractivity contribution in [2.24, 2.45) is 22.2 Å². The van der Waals surface area contributed by atoms with Crippen molar-refractivity contribution in [2.45, 2.75) is 119 Å². The van der Waals surface area contributed by atoms with Gasteiger partial charge >= 0.3 is 15.6 Å². The van der Waals surface area contributed by atoms with E-state index in [1.54, 1.807) is 0 Å². The molecule has 11 heteroatoms. The first-order chi connectivity index (χ1) is 15.6. The monoisotopic (exact) mass is 518 g/mol. The lowest BCUT2D eigenvalue weighted by atomic mass is 9.37. The SMILES string of the molecule is O=S(=O)(OC12CCC(C34CCC(C5CCC(O)CC5)(CC3)CC4)(CC1)C(F)(F)C2F)C(F)(F)F. The number of hydrogen-bond acceptors (Lipinski definition) is 4. The van der Waals surface area contributed by atoms with Gasteiger partial charge in [-0.1, -0.05) is 0 Å². The van der Waals surface area contributed by atoms with E-state index in [2.05, 4.69) is 4.18 Å². The van der Waals surface area contributed by atoms with Crippen LogP contribution in [0.4, 0.5) is 26.3 Å². The molecule has 7 aliphatic carbocycles. The predicted octanol–water partition coefficient (Wildman–Crippen LogP) is 6.03. The van der Waals surface area contributed by atoms with Gasteiger partial charge in [0.05, 0.1) is 6.10 Å². The van der Waals surface area contributed by atoms with Crippen LogP contribution in [0.5, 0.6) is 0 Å². The average Bonchev–Trinajstić information content (AvgIpc) is 2.78. The maximum atomic E-state index is 15.8. The number of halogens is 6. The van der Waals surface area contributed by atoms with Gasteiger partial charge in [-0.25, -0.2) is 13.2 Å². The molecule has 1 unspecified atom stereocenters. The first-order valence-electron chi connectivity index (χ1n) is 12.4. The number of hydrogen-bond donors (Lipinski definition) is 1. The fourth-order valence-corrected chi connectivity index (χ4v) is 9.55. The van der Waals surface area contributed by atoms with Crippen LogP contribution in [0, 0.1) is 22.2 Å². The van der Waals surface area contributed by atoms with E-state index in [-0.39, 0.29) is 24.4 Å². The molecule has 4 bridgehead atoms. The van der Waals surface area contributed by atoms with Gasteiger partial charge in [0.15, 0.2) is 6.17 Å². The molecule has 7 aliphatic rings. The van der Waals surface area contributed by atoms with Crippen LogP contribution in [0.2, 0.25) is 0 Å². The first-order valence-corrected chi connectivity index (χ1v) is 13.8. The van der Waals surface area contributed by atoms with Gasteiger partial charge in [-0.2, -0.15) is 21.6 Å². The maximum Gasteiger partial charge on any atom is 0.523 e. The van der Waals surface area contributed by atoms with Crippen LogP contribution in [0.15, 0.2) is 0 Å². The van der Waals surface area contributed by atoms with Crippen molar-refractivity contribution in [3.63, 3.8) is 0 Å². The highest BCUT2D eigenvalue weighted by Crippen LogP contribution is 2.76. The van der Waals surface area contributed by atoms with Gasteiger partial charge in [-0.15, -0.1) is 0 Å². The molecule has 7 fully saturated rings. The smallest absolute Gasteiger partial charge is 0.393 e. The van der Waals surface area contributed by atoms with Crippen LogP contribution >= 0.6 is 0 Å². The van der Waals surface area contributed by atoms with Gasteiger partial charge in [-0.05, 0) is 107 Å². The molecule has 0 aliphatic heterocycles. The number of aliphatic hydroxyl groups excluding tert-OH is 1. The fourth-order valence-electron chi connectivity index (χ4n) is 8.77. The molecular weight excluding hydrogens is 486 g/mol. The quantitative estimate of drug-likeness (QED) is 0.280. The molecule has 0 spiro atoms. The second-order valence-electron chi connectivity index (χ2n) is 11.8. The topological polar surface area (TPSA) is 63.6 Å². The zero-order valence-corrected chi connectivity index (χ0v) is 19.8. The van der Waals surface area contributed by atoms with Crippen molar-refractivity contribution in [3.05, 3.63) is 0 Å². The van der Waals surface area contributed by atoms with Crippen molar-refractivity contribution in [1.82, 2.24) is 0 Å². The van der Waals surface area contributed by atoms with Gasteiger partial charge in [0.2, 0.25) is 0 Å². The number of rotatable bonds is 4. The minimum absolute atomic E-state index is 0.0694. The Balaban J connectivity index is 1.39. The Morgan fingerprint density at radius 3 is 1.76 bits per heavy atom. The van der Waals surface area contributed by atoms with Crippen molar-refractivity contribution < 1.29 is 44.0 Å². The highest BCUT2D eigenvalue weighted by atomic mass is 32.2. The Bertz CT molecular complexity index is 892. The molecular formula is C23H32F6O4S. The first kappa shape index (κ1) is 25.1. The standard InChI is InChI=1S/C23H32F6O4S/c24-17-20(33-34(31,32)23(27,28)29)11-13-21(14-12-20,22(17,25)26)19-8-5-18(6-9-19,7-10-19)15-1-3-16(30)4-2-15/h15-17,30H,1-14H2. The van der Waals surface area contributed by atoms with Crippen LogP contribution < -0.4 is 0 Å². The van der Waals surface area contributed by atoms with Crippen molar-refractivity contribution in [3.8, 4) is 0 Å². The molecule has 4 nitrogen and oxygen atoms in total. The molecule has 0 heterocycles. The summed E-state index contributed by atoms with van der Waals surface area (Å²) in [7, 11) is -6.20. The van der Waals surface area contributed by atoms with E-state index in [0.717, 1.165) is 44.9 Å². The Labute approximate surface area is 195 Å². The Hall–Kier alpha value is -0.550. The lowest BCUT2D eigenvalue weighted by Gasteiger charge is -2.69. The minimum Gasteiger partial charge on any atom is -0.393 e. The van der Waals surface area contributed by atoms with Crippen LogP contribution in [0.3, 0.4) is 0 Å². The van der Waals surface area contributed by atoms with Crippen LogP contribution in [-0.2, 0) is 14.3 Å². The summed E-state index contributed by atoms with van der Waals surface area (Å²) < 4.78 is 113. The molecule has 0 aromatic rings. The molecule has 34 heavy (non-hydrogen) atoms. The molecule has 0 aromatic carbocycles. The molecule has 1 atom stereocenters. The van der Waals surface area contributed by atoms with E-state index in [4.69, 9.17) is 0 Å². The Kier molecular flexibility index (Phi) is 5.53. The van der Waals surface area contributed by atoms with E-state index in [1.807, 2.05) is 0 Å². The second kappa shape index (κ2) is 7.49. The Morgan fingerprint density at radius 1 is 0.794 bits per heavy atom. The summed E-state index contributed by atoms with van der Waals surface area (Å²) in [4.78, 5) is 0. The summed E-state index contributed by atoms with van der Waals surface area (Å²) in [6, 6.07) is 0. The van der Waals surface area contributed by atoms with E-state index in [1.165, 1.54) is 0 Å². The van der Waals surface area contributed by atoms with Crippen LogP contribution in [0.1, 0.15) is 89.9 Å². The van der Waals surface area contributed by atoms with Crippen molar-refractivity contribution in [2.75, 3.05) is 0 Å². The maximum absolute atomic E-state index is 15.8. The van der Waals surface area contributed by atoms with E-state index in [9.17, 15) is 26.7 Å². The summed E-state index contributed by atoms with van der Waals surface area (Å²) >= 11 is 0. The molecule has 0 aromatic heterocycles. The predicted molar refractivity (Wildman–Crippen MR) is 110 cm³/mol. The van der Waals surface area contributed by atoms with Gasteiger partial charge in [0.25, 0.3) is 5.92 Å². The van der Waals surface area contributed by atoms with Gasteiger partial charge in [0, 0.05) is 5.41 Å². The summed E-state index contributed by atoms with van der Waals surface area (Å²) in [5, 5.41) is 9.86. The third-order valence-electron chi connectivity index (χ3n) is 10.8. The molecule has 1 N–H and O–H groups in total. The second-order valence-corrected chi connectivity index (χ2v) is 13.3. The lowest BCUT2D eigenvalue weighted by molar-refractivity contribution is -0.330. The summed E-state index contributed by atoms with van der Waals surface area (Å²) in [6.07, 6.45) is 2.48. The normalized spacial score (nSPS) is 48.7. The number of alkyl halides is 6. The van der Waals surface area contributed by atoms with Gasteiger partial charge in [-0.3, -0.25) is 4.18 Å². The highest BCUT2D eigenvalue weighted by Gasteiger charge is 2.79. The molecule has 0 amide bonds. The molecule has 7 saturated carbocycles. The number of aliphatic hydroxyl groups is 1. The van der Waals surface area contributed by atoms with E-state index >= 15 is 13.2 Å². The third-order valence-corrected chi connectivity index (χ3v) is 11.9. The van der Waals surface area contributed by atoms with Crippen molar-refractivity contribution >= 4 is 10.1 Å². The van der Waals surface area contributed by atoms with Crippen LogP contribution in [-0.4, -0.2) is 42.8 Å². The zero-order valence-electron chi connectivity index (χ0n) is 19.0. The van der Waals surface area contributed by atoms with Gasteiger partial charge < -0.3 is 5.11 Å². The third kappa shape index (κ3) is 3.20. The van der Waals surface area contributed by atoms with Crippen LogP contribution in [0.25, 0.3) is 0 Å². The molecule has 196 valence electrons. The Morgan fingerprint density at radius 2 is 1.29 bits per heavy atom. The lowest BCUT2D eigenvalue weighted by Crippen LogP contribution is -2.73. The highest BCUT2D eigenvalue weighted by molar-refractivity contribution is 7.87. The molecule has 7 rings (SSSR count). The molecule has 0 saturated heterocycles. The molecule has 0 radical (unpaired) electrons. The van der Waals surface area contributed by atoms with Crippen molar-refractivity contribution in [1.29, 1.82) is 0 Å².